The summed E-state index contributed by atoms with van der Waals surface area (Å²) < 4.78 is 27.7. The molecule has 0 saturated carbocycles. The summed E-state index contributed by atoms with van der Waals surface area (Å²) in [6, 6.07) is 17.3. The second-order valence-electron chi connectivity index (χ2n) is 6.00. The predicted molar refractivity (Wildman–Crippen MR) is 113 cm³/mol. The summed E-state index contributed by atoms with van der Waals surface area (Å²) in [4.78, 5) is 16.5. The molecule has 9 heteroatoms. The largest absolute Gasteiger partial charge is 0.280 e. The summed E-state index contributed by atoms with van der Waals surface area (Å²) in [7, 11) is -3.89. The Morgan fingerprint density at radius 2 is 1.83 bits per heavy atom. The van der Waals surface area contributed by atoms with Crippen molar-refractivity contribution in [2.24, 2.45) is 5.10 Å². The lowest BCUT2D eigenvalue weighted by molar-refractivity contribution is 0.0954. The van der Waals surface area contributed by atoms with Crippen LogP contribution >= 0.6 is 11.6 Å². The van der Waals surface area contributed by atoms with Gasteiger partial charge in [-0.2, -0.15) is 5.10 Å². The van der Waals surface area contributed by atoms with Gasteiger partial charge >= 0.3 is 0 Å². The highest BCUT2D eigenvalue weighted by molar-refractivity contribution is 7.92. The van der Waals surface area contributed by atoms with E-state index < -0.39 is 15.9 Å². The zero-order valence-corrected chi connectivity index (χ0v) is 16.9. The van der Waals surface area contributed by atoms with Crippen molar-refractivity contribution in [2.45, 2.75) is 11.8 Å². The van der Waals surface area contributed by atoms with Crippen LogP contribution in [0.3, 0.4) is 0 Å². The van der Waals surface area contributed by atoms with Crippen LogP contribution in [0.2, 0.25) is 5.02 Å². The third-order valence-corrected chi connectivity index (χ3v) is 5.46. The first-order valence-corrected chi connectivity index (χ1v) is 10.4. The third-order valence-electron chi connectivity index (χ3n) is 3.84. The molecule has 0 bridgehead atoms. The number of nitrogens with zero attached hydrogens (tertiary/aromatic N) is 2. The molecule has 0 aliphatic carbocycles. The van der Waals surface area contributed by atoms with E-state index in [4.69, 9.17) is 11.6 Å². The van der Waals surface area contributed by atoms with E-state index in [-0.39, 0.29) is 10.5 Å². The van der Waals surface area contributed by atoms with Gasteiger partial charge in [-0.15, -0.1) is 0 Å². The summed E-state index contributed by atoms with van der Waals surface area (Å²) in [6.45, 7) is 1.71. The van der Waals surface area contributed by atoms with Crippen LogP contribution in [0.5, 0.6) is 0 Å². The molecule has 0 aliphatic rings. The molecule has 2 aromatic carbocycles. The Morgan fingerprint density at radius 3 is 2.55 bits per heavy atom. The van der Waals surface area contributed by atoms with Gasteiger partial charge < -0.3 is 0 Å². The topological polar surface area (TPSA) is 101 Å². The first-order chi connectivity index (χ1) is 13.8. The number of halogens is 1. The van der Waals surface area contributed by atoms with E-state index in [2.05, 4.69) is 20.2 Å². The lowest BCUT2D eigenvalue weighted by atomic mass is 10.2. The minimum absolute atomic E-state index is 0.0597. The fourth-order valence-corrected chi connectivity index (χ4v) is 3.69. The number of aromatic nitrogens is 1. The molecule has 0 saturated heterocycles. The van der Waals surface area contributed by atoms with E-state index in [1.165, 1.54) is 30.3 Å². The van der Waals surface area contributed by atoms with Crippen molar-refractivity contribution in [1.29, 1.82) is 0 Å². The molecule has 3 aromatic rings. The Morgan fingerprint density at radius 1 is 1.03 bits per heavy atom. The monoisotopic (exact) mass is 428 g/mol. The lowest BCUT2D eigenvalue weighted by Crippen LogP contribution is -2.20. The first-order valence-electron chi connectivity index (χ1n) is 8.50. The number of sulfonamides is 1. The molecule has 148 valence electrons. The highest BCUT2D eigenvalue weighted by Crippen LogP contribution is 2.20. The van der Waals surface area contributed by atoms with Crippen LogP contribution in [0.25, 0.3) is 0 Å². The minimum Gasteiger partial charge on any atom is -0.280 e. The molecule has 0 atom stereocenters. The quantitative estimate of drug-likeness (QED) is 0.461. The van der Waals surface area contributed by atoms with Crippen molar-refractivity contribution >= 4 is 38.9 Å². The molecule has 3 rings (SSSR count). The molecule has 0 unspecified atom stereocenters. The second-order valence-corrected chi connectivity index (χ2v) is 8.12. The predicted octanol–water partition coefficient (Wildman–Crippen LogP) is 3.69. The van der Waals surface area contributed by atoms with Crippen LogP contribution < -0.4 is 10.1 Å². The Kier molecular flexibility index (Phi) is 6.26. The summed E-state index contributed by atoms with van der Waals surface area (Å²) in [5.74, 6) is -0.542. The van der Waals surface area contributed by atoms with E-state index in [9.17, 15) is 13.2 Å². The van der Waals surface area contributed by atoms with E-state index in [1.807, 2.05) is 6.07 Å². The lowest BCUT2D eigenvalue weighted by Gasteiger charge is -2.09. The van der Waals surface area contributed by atoms with Gasteiger partial charge in [-0.25, -0.2) is 13.8 Å². The van der Waals surface area contributed by atoms with E-state index >= 15 is 0 Å². The van der Waals surface area contributed by atoms with Gasteiger partial charge in [0.25, 0.3) is 15.9 Å². The van der Waals surface area contributed by atoms with Gasteiger partial charge in [-0.3, -0.25) is 14.5 Å². The van der Waals surface area contributed by atoms with Crippen LogP contribution in [0.4, 0.5) is 5.69 Å². The fourth-order valence-electron chi connectivity index (χ4n) is 2.40. The second kappa shape index (κ2) is 8.85. The number of hydrogen-bond donors (Lipinski definition) is 2. The number of benzene rings is 2. The molecule has 0 aliphatic heterocycles. The molecule has 29 heavy (non-hydrogen) atoms. The molecule has 7 nitrogen and oxygen atoms in total. The van der Waals surface area contributed by atoms with Gasteiger partial charge in [-0.1, -0.05) is 29.8 Å². The average Bonchev–Trinajstić information content (AvgIpc) is 2.72. The zero-order chi connectivity index (χ0) is 20.9. The van der Waals surface area contributed by atoms with Crippen molar-refractivity contribution in [3.05, 3.63) is 89.2 Å². The number of anilines is 1. The van der Waals surface area contributed by atoms with Crippen molar-refractivity contribution in [2.75, 3.05) is 4.72 Å². The fraction of sp³-hybridized carbons (Fsp3) is 0.0500. The van der Waals surface area contributed by atoms with Gasteiger partial charge in [0.15, 0.2) is 0 Å². The average molecular weight is 429 g/mol. The van der Waals surface area contributed by atoms with Gasteiger partial charge in [0.1, 0.15) is 0 Å². The maximum atomic E-state index is 12.6. The van der Waals surface area contributed by atoms with Gasteiger partial charge in [-0.05, 0) is 55.5 Å². The molecule has 1 aromatic heterocycles. The number of carbonyl (C=O) groups is 1. The van der Waals surface area contributed by atoms with E-state index in [1.54, 1.807) is 43.5 Å². The summed E-state index contributed by atoms with van der Waals surface area (Å²) in [5.41, 5.74) is 4.02. The molecule has 0 fully saturated rings. The number of pyridine rings is 1. The molecule has 0 spiro atoms. The number of rotatable bonds is 6. The van der Waals surface area contributed by atoms with Crippen LogP contribution in [0, 0.1) is 0 Å². The molecule has 1 amide bonds. The maximum absolute atomic E-state index is 12.6. The molecular weight excluding hydrogens is 412 g/mol. The maximum Gasteiger partial charge on any atom is 0.271 e. The van der Waals surface area contributed by atoms with Gasteiger partial charge in [0, 0.05) is 16.8 Å². The van der Waals surface area contributed by atoms with Gasteiger partial charge in [0.2, 0.25) is 0 Å². The SMILES string of the molecule is C/C(=N/NC(=O)c1cccc(S(=O)(=O)Nc2cccc(Cl)c2)c1)c1ccccn1. The number of carbonyl (C=O) groups excluding carboxylic acids is 1. The van der Waals surface area contributed by atoms with Crippen molar-refractivity contribution in [3.63, 3.8) is 0 Å². The molecule has 2 N–H and O–H groups in total. The summed E-state index contributed by atoms with van der Waals surface area (Å²) >= 11 is 5.89. The van der Waals surface area contributed by atoms with Crippen LogP contribution in [0.15, 0.2) is 82.9 Å². The Balaban J connectivity index is 1.77. The van der Waals surface area contributed by atoms with E-state index in [0.29, 0.717) is 22.1 Å². The Labute approximate surface area is 173 Å². The van der Waals surface area contributed by atoms with Crippen LogP contribution in [-0.2, 0) is 10.0 Å². The third kappa shape index (κ3) is 5.40. The van der Waals surface area contributed by atoms with Crippen LogP contribution in [-0.4, -0.2) is 25.0 Å². The van der Waals surface area contributed by atoms with Crippen molar-refractivity contribution in [1.82, 2.24) is 10.4 Å². The van der Waals surface area contributed by atoms with E-state index in [0.717, 1.165) is 0 Å². The number of hydrazone groups is 1. The minimum atomic E-state index is -3.89. The number of nitrogens with one attached hydrogen (secondary N) is 2. The zero-order valence-electron chi connectivity index (χ0n) is 15.3. The standard InChI is InChI=1S/C20H17ClN4O3S/c1-14(19-10-2-3-11-22-19)23-24-20(26)15-6-4-9-18(12-15)29(27,28)25-17-8-5-7-16(21)13-17/h2-13,25H,1H3,(H,24,26)/b23-14-. The van der Waals surface area contributed by atoms with Crippen LogP contribution in [0.1, 0.15) is 23.0 Å². The number of amides is 1. The molecule has 1 heterocycles. The molecular formula is C20H17ClN4O3S. The van der Waals surface area contributed by atoms with Crippen molar-refractivity contribution < 1.29 is 13.2 Å². The smallest absolute Gasteiger partial charge is 0.271 e. The normalized spacial score (nSPS) is 11.7. The number of hydrogen-bond acceptors (Lipinski definition) is 5. The highest BCUT2D eigenvalue weighted by atomic mass is 35.5. The Hall–Kier alpha value is -3.23. The summed E-state index contributed by atoms with van der Waals surface area (Å²) in [5, 5.41) is 4.42. The summed E-state index contributed by atoms with van der Waals surface area (Å²) in [6.07, 6.45) is 1.62. The Bertz CT molecular complexity index is 1170. The highest BCUT2D eigenvalue weighted by Gasteiger charge is 2.17. The van der Waals surface area contributed by atoms with Gasteiger partial charge in [0.05, 0.1) is 22.0 Å². The van der Waals surface area contributed by atoms with Crippen molar-refractivity contribution in [3.8, 4) is 0 Å². The molecule has 0 radical (unpaired) electrons. The first kappa shape index (κ1) is 20.5.